The zero-order chi connectivity index (χ0) is 17.6. The minimum atomic E-state index is -1.04. The number of nitrogens with one attached hydrogen (secondary N) is 1. The molecule has 2 aromatic heterocycles. The number of carbonyl (C=O) groups is 1. The zero-order valence-electron chi connectivity index (χ0n) is 13.2. The Hall–Kier alpha value is -3.05. The number of carboxylic acids is 1. The average molecular weight is 353 g/mol. The van der Waals surface area contributed by atoms with Crippen molar-refractivity contribution in [1.82, 2.24) is 9.97 Å². The highest BCUT2D eigenvalue weighted by atomic mass is 35.5. The number of benzene rings is 2. The molecule has 0 fully saturated rings. The number of halogens is 1. The standard InChI is InChI=1S/C19H13ClN2O3/c1-10-17-14-8-13(25-12-4-2-11(20)3-5-12)6-7-15(14)22-16(17)9-21-18(10)19(23)24/h2-9,22H,1H3,(H,23,24). The number of hydrogen-bond acceptors (Lipinski definition) is 3. The maximum atomic E-state index is 11.4. The largest absolute Gasteiger partial charge is 0.477 e. The van der Waals surface area contributed by atoms with Crippen LogP contribution in [0, 0.1) is 6.92 Å². The van der Waals surface area contributed by atoms with Gasteiger partial charge in [-0.15, -0.1) is 0 Å². The maximum absolute atomic E-state index is 11.4. The van der Waals surface area contributed by atoms with Crippen molar-refractivity contribution in [2.75, 3.05) is 0 Å². The second-order valence-corrected chi connectivity index (χ2v) is 6.15. The van der Waals surface area contributed by atoms with Gasteiger partial charge in [0.05, 0.1) is 11.7 Å². The van der Waals surface area contributed by atoms with Crippen molar-refractivity contribution >= 4 is 39.4 Å². The Labute approximate surface area is 147 Å². The van der Waals surface area contributed by atoms with E-state index in [1.807, 2.05) is 18.2 Å². The van der Waals surface area contributed by atoms with Gasteiger partial charge >= 0.3 is 5.97 Å². The molecule has 0 aliphatic rings. The van der Waals surface area contributed by atoms with Crippen molar-refractivity contribution < 1.29 is 14.6 Å². The summed E-state index contributed by atoms with van der Waals surface area (Å²) in [7, 11) is 0. The predicted molar refractivity (Wildman–Crippen MR) is 96.8 cm³/mol. The van der Waals surface area contributed by atoms with Crippen LogP contribution in [0.2, 0.25) is 5.02 Å². The van der Waals surface area contributed by atoms with Crippen molar-refractivity contribution in [1.29, 1.82) is 0 Å². The van der Waals surface area contributed by atoms with E-state index >= 15 is 0 Å². The molecule has 0 spiro atoms. The molecule has 25 heavy (non-hydrogen) atoms. The lowest BCUT2D eigenvalue weighted by atomic mass is 10.1. The smallest absolute Gasteiger partial charge is 0.354 e. The van der Waals surface area contributed by atoms with Crippen LogP contribution in [0.25, 0.3) is 21.8 Å². The molecule has 0 aliphatic carbocycles. The van der Waals surface area contributed by atoms with Crippen molar-refractivity contribution in [3.63, 3.8) is 0 Å². The quantitative estimate of drug-likeness (QED) is 0.533. The highest BCUT2D eigenvalue weighted by molar-refractivity contribution is 6.30. The summed E-state index contributed by atoms with van der Waals surface area (Å²) in [6.07, 6.45) is 1.55. The molecule has 0 radical (unpaired) electrons. The van der Waals surface area contributed by atoms with Crippen LogP contribution in [-0.4, -0.2) is 21.0 Å². The van der Waals surface area contributed by atoms with Crippen LogP contribution in [0.1, 0.15) is 16.1 Å². The number of aryl methyl sites for hydroxylation is 1. The first-order valence-electron chi connectivity index (χ1n) is 7.60. The molecule has 124 valence electrons. The summed E-state index contributed by atoms with van der Waals surface area (Å²) in [4.78, 5) is 18.6. The molecule has 4 rings (SSSR count). The van der Waals surface area contributed by atoms with E-state index in [1.54, 1.807) is 37.4 Å². The third-order valence-corrected chi connectivity index (χ3v) is 4.36. The first-order valence-corrected chi connectivity index (χ1v) is 7.98. The van der Waals surface area contributed by atoms with Crippen LogP contribution in [0.15, 0.2) is 48.7 Å². The number of nitrogens with zero attached hydrogens (tertiary/aromatic N) is 1. The van der Waals surface area contributed by atoms with E-state index in [0.717, 1.165) is 21.8 Å². The molecular formula is C19H13ClN2O3. The summed E-state index contributed by atoms with van der Waals surface area (Å²) < 4.78 is 5.87. The predicted octanol–water partition coefficient (Wildman–Crippen LogP) is 5.17. The van der Waals surface area contributed by atoms with Crippen LogP contribution in [0.5, 0.6) is 11.5 Å². The lowest BCUT2D eigenvalue weighted by molar-refractivity contribution is 0.0690. The molecule has 0 aliphatic heterocycles. The lowest BCUT2D eigenvalue weighted by Crippen LogP contribution is -2.03. The van der Waals surface area contributed by atoms with Crippen LogP contribution in [0.3, 0.4) is 0 Å². The van der Waals surface area contributed by atoms with Gasteiger partial charge in [-0.3, -0.25) is 0 Å². The SMILES string of the molecule is Cc1c(C(=O)O)ncc2[nH]c3ccc(Oc4ccc(Cl)cc4)cc3c12. The summed E-state index contributed by atoms with van der Waals surface area (Å²) in [6, 6.07) is 12.8. The average Bonchev–Trinajstić information content (AvgIpc) is 2.95. The fraction of sp³-hybridized carbons (Fsp3) is 0.0526. The van der Waals surface area contributed by atoms with E-state index in [2.05, 4.69) is 9.97 Å². The molecule has 0 amide bonds. The first-order chi connectivity index (χ1) is 12.0. The topological polar surface area (TPSA) is 75.2 Å². The Balaban J connectivity index is 1.86. The highest BCUT2D eigenvalue weighted by Crippen LogP contribution is 2.33. The third kappa shape index (κ3) is 2.68. The van der Waals surface area contributed by atoms with Crippen LogP contribution in [0.4, 0.5) is 0 Å². The normalized spacial score (nSPS) is 11.1. The second kappa shape index (κ2) is 5.79. The summed E-state index contributed by atoms with van der Waals surface area (Å²) in [5.74, 6) is 0.291. The fourth-order valence-electron chi connectivity index (χ4n) is 2.95. The monoisotopic (exact) mass is 352 g/mol. The molecule has 4 aromatic rings. The van der Waals surface area contributed by atoms with Gasteiger partial charge in [0.15, 0.2) is 5.69 Å². The highest BCUT2D eigenvalue weighted by Gasteiger charge is 2.16. The molecule has 2 aromatic carbocycles. The summed E-state index contributed by atoms with van der Waals surface area (Å²) in [5, 5.41) is 11.7. The van der Waals surface area contributed by atoms with Gasteiger partial charge in [0.1, 0.15) is 11.5 Å². The van der Waals surface area contributed by atoms with Crippen LogP contribution in [-0.2, 0) is 0 Å². The number of aromatic nitrogens is 2. The van der Waals surface area contributed by atoms with Gasteiger partial charge in [0, 0.05) is 21.3 Å². The number of pyridine rings is 1. The van der Waals surface area contributed by atoms with Crippen LogP contribution < -0.4 is 4.74 Å². The number of ether oxygens (including phenoxy) is 1. The third-order valence-electron chi connectivity index (χ3n) is 4.10. The molecule has 0 saturated heterocycles. The van der Waals surface area contributed by atoms with Gasteiger partial charge < -0.3 is 14.8 Å². The first kappa shape index (κ1) is 15.5. The van der Waals surface area contributed by atoms with E-state index in [-0.39, 0.29) is 5.69 Å². The molecule has 0 atom stereocenters. The molecule has 5 nitrogen and oxygen atoms in total. The molecule has 0 saturated carbocycles. The van der Waals surface area contributed by atoms with Gasteiger partial charge in [0.2, 0.25) is 0 Å². The molecule has 2 heterocycles. The lowest BCUT2D eigenvalue weighted by Gasteiger charge is -2.06. The van der Waals surface area contributed by atoms with Crippen molar-refractivity contribution in [3.05, 3.63) is 64.9 Å². The number of aromatic amines is 1. The van der Waals surface area contributed by atoms with E-state index < -0.39 is 5.97 Å². The molecule has 0 unspecified atom stereocenters. The van der Waals surface area contributed by atoms with Gasteiger partial charge in [-0.2, -0.15) is 0 Å². The Morgan fingerprint density at radius 3 is 2.56 bits per heavy atom. The Kier molecular flexibility index (Phi) is 3.58. The van der Waals surface area contributed by atoms with Gasteiger partial charge in [0.25, 0.3) is 0 Å². The van der Waals surface area contributed by atoms with Gasteiger partial charge in [-0.05, 0) is 55.0 Å². The van der Waals surface area contributed by atoms with Gasteiger partial charge in [-0.1, -0.05) is 11.6 Å². The number of aromatic carboxylic acids is 1. The van der Waals surface area contributed by atoms with Crippen LogP contribution >= 0.6 is 11.6 Å². The fourth-order valence-corrected chi connectivity index (χ4v) is 3.08. The maximum Gasteiger partial charge on any atom is 0.354 e. The number of carboxylic acid groups (broad SMARTS) is 1. The van der Waals surface area contributed by atoms with E-state index in [0.29, 0.717) is 22.1 Å². The molecule has 0 bridgehead atoms. The Morgan fingerprint density at radius 2 is 1.84 bits per heavy atom. The zero-order valence-corrected chi connectivity index (χ0v) is 14.0. The van der Waals surface area contributed by atoms with Crippen molar-refractivity contribution in [2.24, 2.45) is 0 Å². The summed E-state index contributed by atoms with van der Waals surface area (Å²) in [5.41, 5.74) is 2.37. The van der Waals surface area contributed by atoms with Gasteiger partial charge in [-0.25, -0.2) is 9.78 Å². The van der Waals surface area contributed by atoms with Crippen molar-refractivity contribution in [3.8, 4) is 11.5 Å². The molecular weight excluding hydrogens is 340 g/mol. The van der Waals surface area contributed by atoms with Crippen molar-refractivity contribution in [2.45, 2.75) is 6.92 Å². The van der Waals surface area contributed by atoms with E-state index in [1.165, 1.54) is 0 Å². The van der Waals surface area contributed by atoms with E-state index in [4.69, 9.17) is 16.3 Å². The summed E-state index contributed by atoms with van der Waals surface area (Å²) in [6.45, 7) is 1.76. The van der Waals surface area contributed by atoms with E-state index in [9.17, 15) is 9.90 Å². The summed E-state index contributed by atoms with van der Waals surface area (Å²) >= 11 is 5.89. The number of rotatable bonds is 3. The number of hydrogen-bond donors (Lipinski definition) is 2. The molecule has 2 N–H and O–H groups in total. The minimum Gasteiger partial charge on any atom is -0.477 e. The number of fused-ring (bicyclic) bond motifs is 3. The second-order valence-electron chi connectivity index (χ2n) is 5.71. The molecule has 6 heteroatoms. The minimum absolute atomic E-state index is 0.0532. The Morgan fingerprint density at radius 1 is 1.12 bits per heavy atom. The number of H-pyrrole nitrogens is 1. The Bertz CT molecular complexity index is 1120.